The number of aryl methyl sites for hydroxylation is 2. The Morgan fingerprint density at radius 2 is 1.96 bits per heavy atom. The Morgan fingerprint density at radius 1 is 1.09 bits per heavy atom. The van der Waals surface area contributed by atoms with E-state index >= 15 is 0 Å². The summed E-state index contributed by atoms with van der Waals surface area (Å²) in [5, 5.41) is 0. The van der Waals surface area contributed by atoms with Crippen molar-refractivity contribution >= 4 is 6.08 Å². The Kier molecular flexibility index (Phi) is 4.76. The van der Waals surface area contributed by atoms with E-state index in [1.54, 1.807) is 6.07 Å². The molecule has 3 rings (SSSR count). The Bertz CT molecular complexity index is 727. The van der Waals surface area contributed by atoms with Gasteiger partial charge in [-0.15, -0.1) is 6.58 Å². The van der Waals surface area contributed by atoms with Crippen LogP contribution in [0.4, 0.5) is 4.39 Å². The van der Waals surface area contributed by atoms with E-state index in [1.807, 2.05) is 18.2 Å². The van der Waals surface area contributed by atoms with Gasteiger partial charge in [-0.1, -0.05) is 49.1 Å². The molecule has 1 heteroatoms. The summed E-state index contributed by atoms with van der Waals surface area (Å²) in [6.07, 6.45) is 8.46. The van der Waals surface area contributed by atoms with E-state index in [-0.39, 0.29) is 11.7 Å². The molecule has 2 aromatic carbocycles. The zero-order valence-corrected chi connectivity index (χ0v) is 13.5. The molecule has 0 heterocycles. The Balaban J connectivity index is 1.80. The van der Waals surface area contributed by atoms with Crippen LogP contribution >= 0.6 is 0 Å². The smallest absolute Gasteiger partial charge is 0.126 e. The highest BCUT2D eigenvalue weighted by molar-refractivity contribution is 5.51. The predicted octanol–water partition coefficient (Wildman–Crippen LogP) is 5.86. The normalized spacial score (nSPS) is 16.7. The summed E-state index contributed by atoms with van der Waals surface area (Å²) < 4.78 is 14.5. The second-order valence-electron chi connectivity index (χ2n) is 6.36. The van der Waals surface area contributed by atoms with Gasteiger partial charge in [0.15, 0.2) is 0 Å². The zero-order valence-electron chi connectivity index (χ0n) is 13.5. The molecule has 0 radical (unpaired) electrons. The van der Waals surface area contributed by atoms with Crippen LogP contribution in [0.15, 0.2) is 55.6 Å². The minimum atomic E-state index is -0.0530. The third-order valence-electron chi connectivity index (χ3n) is 4.84. The topological polar surface area (TPSA) is 0 Å². The maximum absolute atomic E-state index is 14.5. The molecule has 1 unspecified atom stereocenters. The predicted molar refractivity (Wildman–Crippen MR) is 96.2 cm³/mol. The summed E-state index contributed by atoms with van der Waals surface area (Å²) in [6, 6.07) is 12.3. The van der Waals surface area contributed by atoms with Crippen LogP contribution in [0.5, 0.6) is 0 Å². The summed E-state index contributed by atoms with van der Waals surface area (Å²) >= 11 is 0. The number of allylic oxidation sites excluding steroid dienone is 1. The number of halogens is 1. The highest BCUT2D eigenvalue weighted by Gasteiger charge is 2.22. The van der Waals surface area contributed by atoms with Crippen molar-refractivity contribution in [3.05, 3.63) is 89.3 Å². The number of benzene rings is 2. The molecule has 0 bridgehead atoms. The van der Waals surface area contributed by atoms with Gasteiger partial charge in [-0.05, 0) is 71.9 Å². The third kappa shape index (κ3) is 3.44. The third-order valence-corrected chi connectivity index (χ3v) is 4.84. The molecular weight excluding hydrogens is 283 g/mol. The SMILES string of the molecule is C=CCCc1ccc(C2CCc3cc(C=C)ccc3C2)c(F)c1. The van der Waals surface area contributed by atoms with Crippen molar-refractivity contribution in [3.63, 3.8) is 0 Å². The van der Waals surface area contributed by atoms with Crippen molar-refractivity contribution in [2.24, 2.45) is 0 Å². The Hall–Kier alpha value is -2.15. The van der Waals surface area contributed by atoms with Gasteiger partial charge < -0.3 is 0 Å². The van der Waals surface area contributed by atoms with Crippen molar-refractivity contribution < 1.29 is 4.39 Å². The summed E-state index contributed by atoms with van der Waals surface area (Å²) in [5.74, 6) is 0.230. The molecule has 1 atom stereocenters. The largest absolute Gasteiger partial charge is 0.207 e. The number of hydrogen-bond acceptors (Lipinski definition) is 0. The maximum Gasteiger partial charge on any atom is 0.126 e. The molecule has 2 aromatic rings. The molecule has 0 saturated heterocycles. The molecule has 1 aliphatic rings. The molecular formula is C22H23F. The summed E-state index contributed by atoms with van der Waals surface area (Å²) in [4.78, 5) is 0. The lowest BCUT2D eigenvalue weighted by atomic mass is 9.79. The van der Waals surface area contributed by atoms with Crippen LogP contribution in [0.1, 0.15) is 46.6 Å². The molecule has 0 nitrogen and oxygen atoms in total. The number of hydrogen-bond donors (Lipinski definition) is 0. The second kappa shape index (κ2) is 6.95. The molecule has 0 aliphatic heterocycles. The molecule has 0 spiro atoms. The average molecular weight is 306 g/mol. The molecule has 0 aromatic heterocycles. The summed E-state index contributed by atoms with van der Waals surface area (Å²) in [7, 11) is 0. The van der Waals surface area contributed by atoms with Gasteiger partial charge >= 0.3 is 0 Å². The average Bonchev–Trinajstić information content (AvgIpc) is 2.59. The fraction of sp³-hybridized carbons (Fsp3) is 0.273. The van der Waals surface area contributed by atoms with E-state index in [0.29, 0.717) is 0 Å². The van der Waals surface area contributed by atoms with E-state index in [9.17, 15) is 4.39 Å². The van der Waals surface area contributed by atoms with Gasteiger partial charge in [-0.3, -0.25) is 0 Å². The van der Waals surface area contributed by atoms with E-state index in [2.05, 4.69) is 37.4 Å². The highest BCUT2D eigenvalue weighted by atomic mass is 19.1. The van der Waals surface area contributed by atoms with E-state index in [4.69, 9.17) is 0 Å². The van der Waals surface area contributed by atoms with Crippen LogP contribution in [0.25, 0.3) is 6.08 Å². The van der Waals surface area contributed by atoms with Crippen molar-refractivity contribution in [1.82, 2.24) is 0 Å². The minimum absolute atomic E-state index is 0.0530. The van der Waals surface area contributed by atoms with Crippen LogP contribution in [0.3, 0.4) is 0 Å². The lowest BCUT2D eigenvalue weighted by Crippen LogP contribution is -2.14. The molecule has 118 valence electrons. The number of rotatable bonds is 5. The first kappa shape index (κ1) is 15.7. The van der Waals surface area contributed by atoms with Gasteiger partial charge in [0.25, 0.3) is 0 Å². The van der Waals surface area contributed by atoms with Crippen molar-refractivity contribution in [3.8, 4) is 0 Å². The van der Waals surface area contributed by atoms with Crippen LogP contribution < -0.4 is 0 Å². The first-order chi connectivity index (χ1) is 11.2. The molecule has 0 saturated carbocycles. The Morgan fingerprint density at radius 3 is 2.70 bits per heavy atom. The molecule has 23 heavy (non-hydrogen) atoms. The second-order valence-corrected chi connectivity index (χ2v) is 6.36. The fourth-order valence-electron chi connectivity index (χ4n) is 3.49. The van der Waals surface area contributed by atoms with Gasteiger partial charge in [0.2, 0.25) is 0 Å². The molecule has 0 N–H and O–H groups in total. The van der Waals surface area contributed by atoms with Crippen LogP contribution in [-0.2, 0) is 19.3 Å². The van der Waals surface area contributed by atoms with E-state index in [1.165, 1.54) is 16.7 Å². The first-order valence-corrected chi connectivity index (χ1v) is 8.34. The standard InChI is InChI=1S/C22H23F/c1-3-5-6-17-8-12-21(22(23)14-17)20-11-10-18-13-16(4-2)7-9-19(18)15-20/h3-4,7-9,12-14,20H,1-2,5-6,10-11,15H2. The quantitative estimate of drug-likeness (QED) is 0.607. The first-order valence-electron chi connectivity index (χ1n) is 8.34. The van der Waals surface area contributed by atoms with Crippen LogP contribution in [-0.4, -0.2) is 0 Å². The monoisotopic (exact) mass is 306 g/mol. The molecule has 0 amide bonds. The zero-order chi connectivity index (χ0) is 16.2. The molecule has 0 fully saturated rings. The van der Waals surface area contributed by atoms with Crippen LogP contribution in [0, 0.1) is 5.82 Å². The van der Waals surface area contributed by atoms with Gasteiger partial charge in [0.1, 0.15) is 5.82 Å². The number of fused-ring (bicyclic) bond motifs is 1. The lowest BCUT2D eigenvalue weighted by molar-refractivity contribution is 0.533. The molecule has 1 aliphatic carbocycles. The van der Waals surface area contributed by atoms with Gasteiger partial charge in [-0.2, -0.15) is 0 Å². The van der Waals surface area contributed by atoms with Crippen molar-refractivity contribution in [2.75, 3.05) is 0 Å². The van der Waals surface area contributed by atoms with Gasteiger partial charge in [-0.25, -0.2) is 4.39 Å². The highest BCUT2D eigenvalue weighted by Crippen LogP contribution is 2.34. The van der Waals surface area contributed by atoms with Crippen LogP contribution in [0.2, 0.25) is 0 Å². The summed E-state index contributed by atoms with van der Waals surface area (Å²) in [6.45, 7) is 7.55. The van der Waals surface area contributed by atoms with Crippen molar-refractivity contribution in [1.29, 1.82) is 0 Å². The minimum Gasteiger partial charge on any atom is -0.207 e. The van der Waals surface area contributed by atoms with Gasteiger partial charge in [0, 0.05) is 0 Å². The van der Waals surface area contributed by atoms with Crippen molar-refractivity contribution in [2.45, 2.75) is 38.0 Å². The van der Waals surface area contributed by atoms with E-state index in [0.717, 1.165) is 43.2 Å². The Labute approximate surface area is 138 Å². The fourth-order valence-corrected chi connectivity index (χ4v) is 3.49. The maximum atomic E-state index is 14.5. The van der Waals surface area contributed by atoms with Gasteiger partial charge in [0.05, 0.1) is 0 Å². The summed E-state index contributed by atoms with van der Waals surface area (Å²) in [5.41, 5.74) is 5.83. The lowest BCUT2D eigenvalue weighted by Gasteiger charge is -2.26. The van der Waals surface area contributed by atoms with E-state index < -0.39 is 0 Å².